The summed E-state index contributed by atoms with van der Waals surface area (Å²) < 4.78 is 10.8. The van der Waals surface area contributed by atoms with Crippen LogP contribution < -0.4 is 20.7 Å². The standard InChI is InChI=1S/C14H19N3O3/c1-19-13-9-11(10-15)6-7-12(13)20-8-4-2-3-5-14(18)17-16/h6-7,9H,2-5,8,16H2,1H3,(H,17,18). The normalized spacial score (nSPS) is 9.65. The van der Waals surface area contributed by atoms with Crippen LogP contribution >= 0.6 is 0 Å². The molecule has 0 aromatic heterocycles. The number of nitrogens with two attached hydrogens (primary N) is 1. The number of unbranched alkanes of at least 4 members (excludes halogenated alkanes) is 2. The first kappa shape index (κ1) is 15.8. The summed E-state index contributed by atoms with van der Waals surface area (Å²) in [5.74, 6) is 6.00. The minimum atomic E-state index is -0.153. The fraction of sp³-hybridized carbons (Fsp3) is 0.429. The molecule has 6 heteroatoms. The topological polar surface area (TPSA) is 97.4 Å². The fourth-order valence-corrected chi connectivity index (χ4v) is 1.68. The van der Waals surface area contributed by atoms with Gasteiger partial charge in [-0.2, -0.15) is 5.26 Å². The van der Waals surface area contributed by atoms with Gasteiger partial charge in [-0.15, -0.1) is 0 Å². The molecule has 0 aliphatic heterocycles. The van der Waals surface area contributed by atoms with E-state index in [0.717, 1.165) is 19.3 Å². The number of amides is 1. The predicted octanol–water partition coefficient (Wildman–Crippen LogP) is 1.50. The Morgan fingerprint density at radius 3 is 2.80 bits per heavy atom. The van der Waals surface area contributed by atoms with Gasteiger partial charge in [0.1, 0.15) is 0 Å². The third-order valence-electron chi connectivity index (χ3n) is 2.76. The van der Waals surface area contributed by atoms with Gasteiger partial charge >= 0.3 is 0 Å². The highest BCUT2D eigenvalue weighted by Gasteiger charge is 2.05. The molecule has 3 N–H and O–H groups in total. The van der Waals surface area contributed by atoms with Gasteiger partial charge in [-0.3, -0.25) is 10.2 Å². The second-order valence-corrected chi connectivity index (χ2v) is 4.20. The molecule has 0 bridgehead atoms. The summed E-state index contributed by atoms with van der Waals surface area (Å²) in [4.78, 5) is 10.9. The van der Waals surface area contributed by atoms with Crippen LogP contribution in [0.3, 0.4) is 0 Å². The quantitative estimate of drug-likeness (QED) is 0.325. The van der Waals surface area contributed by atoms with Crippen LogP contribution in [0.5, 0.6) is 11.5 Å². The number of nitriles is 1. The molecule has 1 amide bonds. The number of hydrogen-bond donors (Lipinski definition) is 2. The Hall–Kier alpha value is -2.26. The molecule has 0 aliphatic carbocycles. The highest BCUT2D eigenvalue weighted by molar-refractivity contribution is 5.75. The van der Waals surface area contributed by atoms with Crippen molar-refractivity contribution in [3.63, 3.8) is 0 Å². The van der Waals surface area contributed by atoms with Crippen LogP contribution in [0, 0.1) is 11.3 Å². The van der Waals surface area contributed by atoms with E-state index in [4.69, 9.17) is 20.6 Å². The van der Waals surface area contributed by atoms with Crippen LogP contribution in [-0.4, -0.2) is 19.6 Å². The Morgan fingerprint density at radius 1 is 1.35 bits per heavy atom. The van der Waals surface area contributed by atoms with Gasteiger partial charge in [-0.05, 0) is 31.4 Å². The predicted molar refractivity (Wildman–Crippen MR) is 74.0 cm³/mol. The summed E-state index contributed by atoms with van der Waals surface area (Å²) >= 11 is 0. The zero-order valence-electron chi connectivity index (χ0n) is 11.5. The Bertz CT molecular complexity index is 483. The summed E-state index contributed by atoms with van der Waals surface area (Å²) in [5.41, 5.74) is 2.62. The molecule has 1 aromatic rings. The highest BCUT2D eigenvalue weighted by atomic mass is 16.5. The molecule has 0 fully saturated rings. The summed E-state index contributed by atoms with van der Waals surface area (Å²) in [7, 11) is 1.54. The maximum absolute atomic E-state index is 10.9. The third kappa shape index (κ3) is 5.16. The number of hydrogen-bond acceptors (Lipinski definition) is 5. The van der Waals surface area contributed by atoms with E-state index in [-0.39, 0.29) is 5.91 Å². The second kappa shape index (κ2) is 8.77. The number of hydrazine groups is 1. The molecule has 0 radical (unpaired) electrons. The summed E-state index contributed by atoms with van der Waals surface area (Å²) in [5, 5.41) is 8.80. The van der Waals surface area contributed by atoms with E-state index in [1.807, 2.05) is 6.07 Å². The van der Waals surface area contributed by atoms with Crippen LogP contribution in [0.4, 0.5) is 0 Å². The first-order valence-electron chi connectivity index (χ1n) is 6.41. The van der Waals surface area contributed by atoms with Crippen molar-refractivity contribution in [1.29, 1.82) is 5.26 Å². The molecule has 1 rings (SSSR count). The number of benzene rings is 1. The molecule has 0 spiro atoms. The minimum Gasteiger partial charge on any atom is -0.493 e. The van der Waals surface area contributed by atoms with Crippen molar-refractivity contribution in [1.82, 2.24) is 5.43 Å². The first-order valence-corrected chi connectivity index (χ1v) is 6.41. The van der Waals surface area contributed by atoms with Crippen LogP contribution in [0.15, 0.2) is 18.2 Å². The number of methoxy groups -OCH3 is 1. The minimum absolute atomic E-state index is 0.153. The highest BCUT2D eigenvalue weighted by Crippen LogP contribution is 2.27. The molecule has 1 aromatic carbocycles. The largest absolute Gasteiger partial charge is 0.493 e. The SMILES string of the molecule is COc1cc(C#N)ccc1OCCCCCC(=O)NN. The maximum Gasteiger partial charge on any atom is 0.233 e. The molecule has 0 saturated heterocycles. The summed E-state index contributed by atoms with van der Waals surface area (Å²) in [6, 6.07) is 7.09. The number of carbonyl (C=O) groups is 1. The lowest BCUT2D eigenvalue weighted by molar-refractivity contribution is -0.121. The van der Waals surface area contributed by atoms with Crippen molar-refractivity contribution < 1.29 is 14.3 Å². The molecular weight excluding hydrogens is 258 g/mol. The number of rotatable bonds is 8. The molecule has 0 saturated carbocycles. The number of nitrogens with zero attached hydrogens (tertiary/aromatic N) is 1. The Morgan fingerprint density at radius 2 is 2.15 bits per heavy atom. The van der Waals surface area contributed by atoms with Gasteiger partial charge in [0.2, 0.25) is 5.91 Å². The number of carbonyl (C=O) groups excluding carboxylic acids is 1. The van der Waals surface area contributed by atoms with E-state index >= 15 is 0 Å². The van der Waals surface area contributed by atoms with E-state index in [1.54, 1.807) is 18.2 Å². The van der Waals surface area contributed by atoms with E-state index in [2.05, 4.69) is 5.43 Å². The van der Waals surface area contributed by atoms with Gasteiger partial charge in [0.25, 0.3) is 0 Å². The lowest BCUT2D eigenvalue weighted by Crippen LogP contribution is -2.29. The molecule has 0 atom stereocenters. The molecule has 20 heavy (non-hydrogen) atoms. The van der Waals surface area contributed by atoms with Gasteiger partial charge in [-0.1, -0.05) is 0 Å². The van der Waals surface area contributed by atoms with Crippen LogP contribution in [0.1, 0.15) is 31.2 Å². The van der Waals surface area contributed by atoms with Crippen molar-refractivity contribution in [2.24, 2.45) is 5.84 Å². The van der Waals surface area contributed by atoms with E-state index in [1.165, 1.54) is 7.11 Å². The maximum atomic E-state index is 10.9. The molecule has 0 aliphatic rings. The molecule has 108 valence electrons. The Labute approximate surface area is 118 Å². The van der Waals surface area contributed by atoms with Gasteiger partial charge in [0.05, 0.1) is 25.3 Å². The summed E-state index contributed by atoms with van der Waals surface area (Å²) in [6.07, 6.45) is 2.92. The molecule has 6 nitrogen and oxygen atoms in total. The number of ether oxygens (including phenoxy) is 2. The van der Waals surface area contributed by atoms with Crippen LogP contribution in [-0.2, 0) is 4.79 Å². The lowest BCUT2D eigenvalue weighted by Gasteiger charge is -2.10. The average molecular weight is 277 g/mol. The van der Waals surface area contributed by atoms with Gasteiger partial charge in [0, 0.05) is 12.5 Å². The zero-order chi connectivity index (χ0) is 14.8. The molecular formula is C14H19N3O3. The first-order chi connectivity index (χ1) is 9.71. The Balaban J connectivity index is 2.32. The Kier molecular flexibility index (Phi) is 6.93. The molecule has 0 heterocycles. The second-order valence-electron chi connectivity index (χ2n) is 4.20. The van der Waals surface area contributed by atoms with Crippen molar-refractivity contribution in [2.45, 2.75) is 25.7 Å². The lowest BCUT2D eigenvalue weighted by atomic mass is 10.2. The van der Waals surface area contributed by atoms with E-state index < -0.39 is 0 Å². The van der Waals surface area contributed by atoms with Gasteiger partial charge < -0.3 is 9.47 Å². The summed E-state index contributed by atoms with van der Waals surface area (Å²) in [6.45, 7) is 0.534. The van der Waals surface area contributed by atoms with Crippen molar-refractivity contribution >= 4 is 5.91 Å². The van der Waals surface area contributed by atoms with Crippen LogP contribution in [0.25, 0.3) is 0 Å². The van der Waals surface area contributed by atoms with E-state index in [9.17, 15) is 4.79 Å². The van der Waals surface area contributed by atoms with Crippen molar-refractivity contribution in [3.05, 3.63) is 23.8 Å². The van der Waals surface area contributed by atoms with Crippen molar-refractivity contribution in [2.75, 3.05) is 13.7 Å². The van der Waals surface area contributed by atoms with Crippen LogP contribution in [0.2, 0.25) is 0 Å². The smallest absolute Gasteiger partial charge is 0.233 e. The molecule has 0 unspecified atom stereocenters. The fourth-order valence-electron chi connectivity index (χ4n) is 1.68. The van der Waals surface area contributed by atoms with Gasteiger partial charge in [0.15, 0.2) is 11.5 Å². The number of nitrogens with one attached hydrogen (secondary N) is 1. The zero-order valence-corrected chi connectivity index (χ0v) is 11.5. The van der Waals surface area contributed by atoms with E-state index in [0.29, 0.717) is 30.1 Å². The average Bonchev–Trinajstić information content (AvgIpc) is 2.50. The monoisotopic (exact) mass is 277 g/mol. The third-order valence-corrected chi connectivity index (χ3v) is 2.76. The van der Waals surface area contributed by atoms with Gasteiger partial charge in [-0.25, -0.2) is 5.84 Å². The van der Waals surface area contributed by atoms with Crippen molar-refractivity contribution in [3.8, 4) is 17.6 Å².